The maximum Gasteiger partial charge on any atom is 0.233 e. The molecule has 338 valence electrons. The lowest BCUT2D eigenvalue weighted by Crippen LogP contribution is -2.55. The van der Waals surface area contributed by atoms with Crippen LogP contribution < -0.4 is 14.5 Å². The van der Waals surface area contributed by atoms with E-state index < -0.39 is 29.3 Å². The molecule has 2 saturated heterocycles. The first-order chi connectivity index (χ1) is 32.4. The van der Waals surface area contributed by atoms with Crippen LogP contribution in [0.5, 0.6) is 11.5 Å². The SMILES string of the molecule is O=C(CC[C@H]1C(=O)N(c2ccc(F)cc2)[C@@H]1c1ccc(O)cc1)c1ccc(F)cc1.O=C(CC[C@H]1C(=O)N(c2ccc(F)cc2)[C@@H]1c1ccc(OCc2ccccc2)cc1)c1ccc(F)cc1. The van der Waals surface area contributed by atoms with Gasteiger partial charge in [0.1, 0.15) is 41.4 Å². The minimum absolute atomic E-state index is 0.112. The van der Waals surface area contributed by atoms with Crippen molar-refractivity contribution in [3.63, 3.8) is 0 Å². The number of halogens is 4. The molecule has 2 aliphatic heterocycles. The minimum Gasteiger partial charge on any atom is -0.508 e. The van der Waals surface area contributed by atoms with Gasteiger partial charge in [-0.3, -0.25) is 19.2 Å². The first-order valence-electron chi connectivity index (χ1n) is 21.7. The van der Waals surface area contributed by atoms with Crippen LogP contribution in [-0.4, -0.2) is 28.5 Å². The van der Waals surface area contributed by atoms with Gasteiger partial charge in [-0.2, -0.15) is 0 Å². The van der Waals surface area contributed by atoms with Crippen LogP contribution in [0, 0.1) is 35.1 Å². The lowest BCUT2D eigenvalue weighted by Gasteiger charge is -2.47. The highest BCUT2D eigenvalue weighted by Crippen LogP contribution is 2.47. The van der Waals surface area contributed by atoms with Crippen molar-refractivity contribution in [1.29, 1.82) is 0 Å². The molecule has 2 amide bonds. The molecule has 2 fully saturated rings. The zero-order chi connectivity index (χ0) is 47.0. The number of aromatic hydroxyl groups is 1. The predicted molar refractivity (Wildman–Crippen MR) is 245 cm³/mol. The Labute approximate surface area is 384 Å². The molecule has 0 saturated carbocycles. The summed E-state index contributed by atoms with van der Waals surface area (Å²) in [7, 11) is 0. The molecule has 7 aromatic rings. The van der Waals surface area contributed by atoms with Crippen molar-refractivity contribution in [2.45, 2.75) is 44.4 Å². The Balaban J connectivity index is 0.000000186. The summed E-state index contributed by atoms with van der Waals surface area (Å²) in [4.78, 5) is 54.5. The summed E-state index contributed by atoms with van der Waals surface area (Å²) in [6.45, 7) is 0.442. The van der Waals surface area contributed by atoms with E-state index in [9.17, 15) is 41.8 Å². The topological polar surface area (TPSA) is 104 Å². The quantitative estimate of drug-likeness (QED) is 0.0624. The molecule has 0 unspecified atom stereocenters. The summed E-state index contributed by atoms with van der Waals surface area (Å²) < 4.78 is 59.0. The van der Waals surface area contributed by atoms with Crippen LogP contribution in [-0.2, 0) is 16.2 Å². The lowest BCUT2D eigenvalue weighted by molar-refractivity contribution is -0.131. The van der Waals surface area contributed by atoms with Crippen molar-refractivity contribution in [2.75, 3.05) is 9.80 Å². The number of phenolic OH excluding ortho intramolecular Hbond substituents is 1. The Kier molecular flexibility index (Phi) is 14.0. The summed E-state index contributed by atoms with van der Waals surface area (Å²) in [6, 6.07) is 45.6. The van der Waals surface area contributed by atoms with Gasteiger partial charge >= 0.3 is 0 Å². The van der Waals surface area contributed by atoms with Crippen molar-refractivity contribution in [3.8, 4) is 11.5 Å². The zero-order valence-electron chi connectivity index (χ0n) is 36.0. The van der Waals surface area contributed by atoms with E-state index in [1.807, 2.05) is 54.6 Å². The molecular formula is C55H44F4N2O6. The largest absolute Gasteiger partial charge is 0.508 e. The molecule has 1 N–H and O–H groups in total. The fraction of sp³-hybridized carbons (Fsp3) is 0.164. The number of Topliss-reactive ketones (excluding diaryl/α,β-unsaturated/α-hetero) is 2. The second-order valence-electron chi connectivity index (χ2n) is 16.3. The Morgan fingerprint density at radius 2 is 0.851 bits per heavy atom. The van der Waals surface area contributed by atoms with Crippen LogP contribution in [0.1, 0.15) is 75.2 Å². The molecule has 7 aromatic carbocycles. The number of hydrogen-bond donors (Lipinski definition) is 1. The molecule has 12 heteroatoms. The Bertz CT molecular complexity index is 2830. The summed E-state index contributed by atoms with van der Waals surface area (Å²) >= 11 is 0. The number of benzene rings is 7. The van der Waals surface area contributed by atoms with E-state index in [1.54, 1.807) is 58.3 Å². The lowest BCUT2D eigenvalue weighted by atomic mass is 9.78. The number of amides is 2. The third-order valence-corrected chi connectivity index (χ3v) is 12.0. The highest BCUT2D eigenvalue weighted by atomic mass is 19.1. The van der Waals surface area contributed by atoms with E-state index in [0.717, 1.165) is 16.7 Å². The Hall–Kier alpha value is -7.86. The number of β-lactam (4-membered cyclic amide) rings is 2. The van der Waals surface area contributed by atoms with Crippen LogP contribution in [0.3, 0.4) is 0 Å². The summed E-state index contributed by atoms with van der Waals surface area (Å²) in [5.41, 5.74) is 4.76. The van der Waals surface area contributed by atoms with Gasteiger partial charge in [0.25, 0.3) is 0 Å². The first-order valence-corrected chi connectivity index (χ1v) is 21.7. The maximum absolute atomic E-state index is 13.5. The molecule has 67 heavy (non-hydrogen) atoms. The van der Waals surface area contributed by atoms with Crippen LogP contribution in [0.15, 0.2) is 176 Å². The summed E-state index contributed by atoms with van der Waals surface area (Å²) in [5, 5.41) is 9.59. The van der Waals surface area contributed by atoms with E-state index in [-0.39, 0.29) is 59.9 Å². The average Bonchev–Trinajstić information content (AvgIpc) is 3.34. The minimum atomic E-state index is -0.427. The molecule has 2 heterocycles. The third kappa shape index (κ3) is 10.7. The van der Waals surface area contributed by atoms with Gasteiger partial charge in [-0.25, -0.2) is 17.6 Å². The van der Waals surface area contributed by atoms with Gasteiger partial charge < -0.3 is 19.6 Å². The van der Waals surface area contributed by atoms with Gasteiger partial charge in [-0.1, -0.05) is 54.6 Å². The molecule has 2 aliphatic rings. The second-order valence-corrected chi connectivity index (χ2v) is 16.3. The monoisotopic (exact) mass is 904 g/mol. The van der Waals surface area contributed by atoms with Crippen molar-refractivity contribution in [2.24, 2.45) is 11.8 Å². The van der Waals surface area contributed by atoms with Gasteiger partial charge in [0.2, 0.25) is 11.8 Å². The zero-order valence-corrected chi connectivity index (χ0v) is 36.0. The van der Waals surface area contributed by atoms with Crippen LogP contribution >= 0.6 is 0 Å². The standard InChI is InChI=1S/C31H25F2NO3.C24H19F2NO3/c32-24-10-6-22(7-11-24)29(35)19-18-28-30(34(31(28)36)26-14-12-25(33)13-15-26)23-8-16-27(17-9-23)37-20-21-4-2-1-3-5-21;25-17-5-1-15(2-6-17)22(29)14-13-21-23(16-3-11-20(28)12-4-16)27(24(21)30)19-9-7-18(26)8-10-19/h1-17,28,30H,18-20H2;1-12,21,23,28H,13-14H2/t28-,30-;21-,23-/m11/s1. The highest BCUT2D eigenvalue weighted by molar-refractivity contribution is 6.05. The van der Waals surface area contributed by atoms with Crippen molar-refractivity contribution in [1.82, 2.24) is 0 Å². The number of carbonyl (C=O) groups excluding carboxylic acids is 4. The molecule has 9 rings (SSSR count). The number of carbonyl (C=O) groups is 4. The van der Waals surface area contributed by atoms with Gasteiger partial charge in [-0.15, -0.1) is 0 Å². The van der Waals surface area contributed by atoms with Crippen LogP contribution in [0.4, 0.5) is 28.9 Å². The smallest absolute Gasteiger partial charge is 0.233 e. The van der Waals surface area contributed by atoms with Crippen molar-refractivity contribution < 1.29 is 46.6 Å². The van der Waals surface area contributed by atoms with E-state index in [2.05, 4.69) is 0 Å². The normalized spacial score (nSPS) is 17.4. The summed E-state index contributed by atoms with van der Waals surface area (Å²) in [6.07, 6.45) is 0.990. The molecule has 0 radical (unpaired) electrons. The van der Waals surface area contributed by atoms with Crippen molar-refractivity contribution >= 4 is 34.8 Å². The number of ether oxygens (including phenoxy) is 1. The van der Waals surface area contributed by atoms with E-state index in [1.165, 1.54) is 72.8 Å². The van der Waals surface area contributed by atoms with E-state index in [0.29, 0.717) is 47.7 Å². The number of rotatable bonds is 15. The molecular weight excluding hydrogens is 861 g/mol. The molecule has 8 nitrogen and oxygen atoms in total. The highest BCUT2D eigenvalue weighted by Gasteiger charge is 2.49. The van der Waals surface area contributed by atoms with Crippen LogP contribution in [0.25, 0.3) is 0 Å². The Morgan fingerprint density at radius 1 is 0.478 bits per heavy atom. The van der Waals surface area contributed by atoms with Gasteiger partial charge in [0, 0.05) is 35.3 Å². The molecule has 0 aromatic heterocycles. The fourth-order valence-corrected chi connectivity index (χ4v) is 8.51. The third-order valence-electron chi connectivity index (χ3n) is 12.0. The predicted octanol–water partition coefficient (Wildman–Crippen LogP) is 11.9. The number of phenols is 1. The molecule has 0 aliphatic carbocycles. The van der Waals surface area contributed by atoms with Crippen molar-refractivity contribution in [3.05, 3.63) is 227 Å². The van der Waals surface area contributed by atoms with Gasteiger partial charge in [0.05, 0.1) is 23.9 Å². The second kappa shape index (κ2) is 20.5. The maximum atomic E-state index is 13.5. The molecule has 0 bridgehead atoms. The Morgan fingerprint density at radius 3 is 1.25 bits per heavy atom. The van der Waals surface area contributed by atoms with E-state index >= 15 is 0 Å². The van der Waals surface area contributed by atoms with E-state index in [4.69, 9.17) is 4.74 Å². The van der Waals surface area contributed by atoms with Crippen LogP contribution in [0.2, 0.25) is 0 Å². The number of hydrogen-bond acceptors (Lipinski definition) is 6. The number of nitrogens with zero attached hydrogens (tertiary/aromatic N) is 2. The molecule has 4 atom stereocenters. The first kappa shape index (κ1) is 45.7. The van der Waals surface area contributed by atoms with Gasteiger partial charge in [0.15, 0.2) is 11.6 Å². The fourth-order valence-electron chi connectivity index (χ4n) is 8.51. The number of anilines is 2. The summed E-state index contributed by atoms with van der Waals surface area (Å²) in [5.74, 6) is -2.18. The number of ketones is 2. The molecule has 0 spiro atoms. The average molecular weight is 905 g/mol. The van der Waals surface area contributed by atoms with Gasteiger partial charge in [-0.05, 0) is 151 Å².